The largest absolute Gasteiger partial charge is 2.00 e. The average Bonchev–Trinajstić information content (AvgIpc) is 3.58. The molecular formula is C44H44N4OPt. The van der Waals surface area contributed by atoms with Crippen LogP contribution in [0.5, 0.6) is 11.5 Å². The number of nitrogens with zero attached hydrogens (tertiary/aromatic N) is 4. The van der Waals surface area contributed by atoms with Gasteiger partial charge in [-0.1, -0.05) is 103 Å². The van der Waals surface area contributed by atoms with Crippen molar-refractivity contribution >= 4 is 21.8 Å². The van der Waals surface area contributed by atoms with Gasteiger partial charge in [0.15, 0.2) is 0 Å². The Kier molecular flexibility index (Phi) is 9.67. The van der Waals surface area contributed by atoms with Crippen LogP contribution < -0.4 is 4.74 Å². The molecule has 0 aliphatic heterocycles. The number of benzene rings is 4. The molecule has 0 spiro atoms. The Hall–Kier alpha value is -4.47. The first-order valence-electron chi connectivity index (χ1n) is 17.2. The maximum atomic E-state index is 6.59. The quantitative estimate of drug-likeness (QED) is 0.150. The Bertz CT molecular complexity index is 2320. The summed E-state index contributed by atoms with van der Waals surface area (Å²) < 4.78 is 10.8. The zero-order valence-electron chi connectivity index (χ0n) is 30.3. The van der Waals surface area contributed by atoms with Crippen molar-refractivity contribution in [3.8, 4) is 34.1 Å². The van der Waals surface area contributed by atoms with Crippen molar-refractivity contribution in [2.24, 2.45) is 0 Å². The van der Waals surface area contributed by atoms with Gasteiger partial charge in [-0.3, -0.25) is 4.68 Å². The van der Waals surface area contributed by atoms with Gasteiger partial charge < -0.3 is 9.30 Å². The van der Waals surface area contributed by atoms with Crippen LogP contribution in [-0.2, 0) is 26.5 Å². The number of hydrogen-bond acceptors (Lipinski definition) is 3. The number of rotatable bonds is 7. The van der Waals surface area contributed by atoms with Gasteiger partial charge in [-0.15, -0.1) is 35.7 Å². The maximum Gasteiger partial charge on any atom is 2.00 e. The first-order chi connectivity index (χ1) is 23.4. The van der Waals surface area contributed by atoms with Gasteiger partial charge in [0.25, 0.3) is 0 Å². The molecule has 0 saturated carbocycles. The van der Waals surface area contributed by atoms with Gasteiger partial charge in [0.05, 0.1) is 11.4 Å². The van der Waals surface area contributed by atoms with E-state index in [9.17, 15) is 0 Å². The average molecular weight is 840 g/mol. The molecule has 5 nitrogen and oxygen atoms in total. The summed E-state index contributed by atoms with van der Waals surface area (Å²) >= 11 is 0. The van der Waals surface area contributed by atoms with Crippen molar-refractivity contribution in [1.29, 1.82) is 0 Å². The van der Waals surface area contributed by atoms with Crippen LogP contribution >= 0.6 is 0 Å². The Morgan fingerprint density at radius 3 is 2.22 bits per heavy atom. The number of pyridine rings is 1. The molecule has 0 N–H and O–H groups in total. The second-order valence-electron chi connectivity index (χ2n) is 14.8. The van der Waals surface area contributed by atoms with Crippen LogP contribution in [0.15, 0.2) is 91.1 Å². The molecule has 0 bridgehead atoms. The summed E-state index contributed by atoms with van der Waals surface area (Å²) in [6.07, 6.45) is 1.91. The third kappa shape index (κ3) is 6.56. The first-order valence-corrected chi connectivity index (χ1v) is 17.2. The summed E-state index contributed by atoms with van der Waals surface area (Å²) in [5, 5.41) is 7.33. The molecule has 0 radical (unpaired) electrons. The summed E-state index contributed by atoms with van der Waals surface area (Å²) in [6, 6.07) is 37.0. The second kappa shape index (κ2) is 13.7. The molecule has 7 aromatic rings. The minimum absolute atomic E-state index is 0. The summed E-state index contributed by atoms with van der Waals surface area (Å²) in [4.78, 5) is 4.86. The van der Waals surface area contributed by atoms with E-state index in [2.05, 4.69) is 146 Å². The molecule has 0 aliphatic carbocycles. The van der Waals surface area contributed by atoms with Crippen molar-refractivity contribution in [3.63, 3.8) is 0 Å². The molecule has 6 heteroatoms. The molecule has 4 aromatic carbocycles. The molecule has 0 unspecified atom stereocenters. The van der Waals surface area contributed by atoms with Crippen LogP contribution in [0.25, 0.3) is 44.4 Å². The number of ether oxygens (including phenoxy) is 1. The molecule has 0 atom stereocenters. The van der Waals surface area contributed by atoms with Gasteiger partial charge in [0, 0.05) is 28.8 Å². The molecule has 0 aliphatic rings. The standard InChI is InChI=1S/C44H44N4O.Pt/c1-27(2)32-15-18-39-38(23-32)37-17-16-35(26-40(37)47(39)41-24-33(19-20-45-41)44(7,8)9)49-36-22-29(5)21-34(25-36)48-43(28(3)4)42(30(6)46-48)31-13-11-10-12-14-31;/h10-24,27-28H,1-9H3;/q-2;+2. The van der Waals surface area contributed by atoms with Crippen LogP contribution in [0.3, 0.4) is 0 Å². The minimum Gasteiger partial charge on any atom is -0.509 e. The van der Waals surface area contributed by atoms with E-state index in [0.717, 1.165) is 44.9 Å². The number of hydrogen-bond donors (Lipinski definition) is 0. The molecule has 0 amide bonds. The Morgan fingerprint density at radius 2 is 1.52 bits per heavy atom. The van der Waals surface area contributed by atoms with Crippen LogP contribution in [0.2, 0.25) is 0 Å². The summed E-state index contributed by atoms with van der Waals surface area (Å²) in [5.74, 6) is 2.76. The summed E-state index contributed by atoms with van der Waals surface area (Å²) in [6.45, 7) is 19.7. The van der Waals surface area contributed by atoms with E-state index in [4.69, 9.17) is 14.8 Å². The van der Waals surface area contributed by atoms with Gasteiger partial charge in [-0.25, -0.2) is 4.98 Å². The molecule has 0 fully saturated rings. The van der Waals surface area contributed by atoms with Crippen molar-refractivity contribution < 1.29 is 25.8 Å². The first kappa shape index (κ1) is 35.4. The Labute approximate surface area is 310 Å². The Balaban J connectivity index is 0.00000432. The fraction of sp³-hybridized carbons (Fsp3) is 0.273. The smallest absolute Gasteiger partial charge is 0.509 e. The fourth-order valence-corrected chi connectivity index (χ4v) is 6.78. The third-order valence-corrected chi connectivity index (χ3v) is 9.31. The molecular weight excluding hydrogens is 796 g/mol. The number of fused-ring (bicyclic) bond motifs is 3. The molecule has 3 heterocycles. The SMILES string of the molecule is Cc1cc(Oc2[c-]c3c(cc2)c2cc(C(C)C)ccc2n3-c2cc(C(C)(C)C)ccn2)[c-]c(-n2nc(C)c(-c3ccccc3)c2C(C)C)c1.[Pt+2]. The number of aromatic nitrogens is 4. The van der Waals surface area contributed by atoms with E-state index in [1.807, 2.05) is 29.1 Å². The van der Waals surface area contributed by atoms with Gasteiger partial charge in [0.2, 0.25) is 0 Å². The van der Waals surface area contributed by atoms with E-state index in [0.29, 0.717) is 17.4 Å². The van der Waals surface area contributed by atoms with Crippen LogP contribution in [0.1, 0.15) is 88.4 Å². The molecule has 7 rings (SSSR count). The summed E-state index contributed by atoms with van der Waals surface area (Å²) in [5.41, 5.74) is 10.9. The van der Waals surface area contributed by atoms with E-state index >= 15 is 0 Å². The molecule has 0 saturated heterocycles. The van der Waals surface area contributed by atoms with E-state index < -0.39 is 0 Å². The predicted molar refractivity (Wildman–Crippen MR) is 202 cm³/mol. The zero-order chi connectivity index (χ0) is 34.6. The molecule has 50 heavy (non-hydrogen) atoms. The van der Waals surface area contributed by atoms with Crippen molar-refractivity contribution in [2.45, 2.75) is 79.6 Å². The minimum atomic E-state index is -0.0115. The van der Waals surface area contributed by atoms with E-state index in [1.165, 1.54) is 27.6 Å². The summed E-state index contributed by atoms with van der Waals surface area (Å²) in [7, 11) is 0. The van der Waals surface area contributed by atoms with Gasteiger partial charge in [0.1, 0.15) is 5.82 Å². The van der Waals surface area contributed by atoms with Crippen LogP contribution in [-0.4, -0.2) is 19.3 Å². The third-order valence-electron chi connectivity index (χ3n) is 9.31. The predicted octanol–water partition coefficient (Wildman–Crippen LogP) is 11.6. The zero-order valence-corrected chi connectivity index (χ0v) is 32.6. The second-order valence-corrected chi connectivity index (χ2v) is 14.8. The normalized spacial score (nSPS) is 11.9. The van der Waals surface area contributed by atoms with Crippen molar-refractivity contribution in [2.75, 3.05) is 0 Å². The van der Waals surface area contributed by atoms with E-state index in [1.54, 1.807) is 0 Å². The van der Waals surface area contributed by atoms with Crippen molar-refractivity contribution in [3.05, 3.63) is 131 Å². The fourth-order valence-electron chi connectivity index (χ4n) is 6.78. The van der Waals surface area contributed by atoms with Crippen LogP contribution in [0.4, 0.5) is 0 Å². The van der Waals surface area contributed by atoms with Gasteiger partial charge >= 0.3 is 21.1 Å². The maximum absolute atomic E-state index is 6.59. The molecule has 256 valence electrons. The van der Waals surface area contributed by atoms with Crippen molar-refractivity contribution in [1.82, 2.24) is 19.3 Å². The topological polar surface area (TPSA) is 44.9 Å². The molecule has 3 aromatic heterocycles. The van der Waals surface area contributed by atoms with Gasteiger partial charge in [-0.2, -0.15) is 16.7 Å². The van der Waals surface area contributed by atoms with Gasteiger partial charge in [-0.05, 0) is 70.1 Å². The van der Waals surface area contributed by atoms with E-state index in [-0.39, 0.29) is 32.4 Å². The Morgan fingerprint density at radius 1 is 0.760 bits per heavy atom. The number of aryl methyl sites for hydroxylation is 2. The van der Waals surface area contributed by atoms with Crippen LogP contribution in [0, 0.1) is 26.0 Å². The monoisotopic (exact) mass is 839 g/mol.